The summed E-state index contributed by atoms with van der Waals surface area (Å²) >= 11 is 0. The van der Waals surface area contributed by atoms with Crippen LogP contribution < -0.4 is 4.90 Å². The number of para-hydroxylation sites is 1. The fourth-order valence-corrected chi connectivity index (χ4v) is 3.84. The van der Waals surface area contributed by atoms with Gasteiger partial charge in [-0.1, -0.05) is 61.9 Å². The van der Waals surface area contributed by atoms with Crippen LogP contribution in [0.5, 0.6) is 0 Å². The zero-order valence-electron chi connectivity index (χ0n) is 14.6. The van der Waals surface area contributed by atoms with Gasteiger partial charge in [-0.2, -0.15) is 0 Å². The molecule has 0 bridgehead atoms. The van der Waals surface area contributed by atoms with E-state index in [-0.39, 0.29) is 5.41 Å². The van der Waals surface area contributed by atoms with Gasteiger partial charge in [0.1, 0.15) is 0 Å². The van der Waals surface area contributed by atoms with E-state index in [9.17, 15) is 0 Å². The molecule has 124 valence electrons. The lowest BCUT2D eigenvalue weighted by molar-refractivity contribution is 0.560. The maximum Gasteiger partial charge on any atom is 0.0450 e. The van der Waals surface area contributed by atoms with Crippen LogP contribution in [0, 0.1) is 5.41 Å². The molecule has 2 aromatic carbocycles. The van der Waals surface area contributed by atoms with Crippen molar-refractivity contribution in [3.63, 3.8) is 0 Å². The Labute approximate surface area is 145 Å². The van der Waals surface area contributed by atoms with Crippen molar-refractivity contribution in [1.82, 2.24) is 0 Å². The maximum absolute atomic E-state index is 7.67. The number of benzene rings is 2. The third-order valence-electron chi connectivity index (χ3n) is 5.02. The fraction of sp³-hybridized carbons (Fsp3) is 0.318. The third kappa shape index (κ3) is 2.89. The Hall–Kier alpha value is -2.35. The third-order valence-corrected chi connectivity index (χ3v) is 5.02. The van der Waals surface area contributed by atoms with Crippen LogP contribution in [-0.4, -0.2) is 12.8 Å². The molecule has 0 aliphatic carbocycles. The number of unbranched alkanes of at least 4 members (excludes halogenated alkanes) is 1. The van der Waals surface area contributed by atoms with Gasteiger partial charge in [0.15, 0.2) is 0 Å². The van der Waals surface area contributed by atoms with Gasteiger partial charge in [-0.25, -0.2) is 0 Å². The minimum Gasteiger partial charge on any atom is -0.344 e. The number of nitrogens with zero attached hydrogens (tertiary/aromatic N) is 1. The van der Waals surface area contributed by atoms with Gasteiger partial charge >= 0.3 is 0 Å². The molecule has 2 aromatic rings. The number of anilines is 1. The van der Waals surface area contributed by atoms with Crippen molar-refractivity contribution in [2.75, 3.05) is 11.4 Å². The van der Waals surface area contributed by atoms with Gasteiger partial charge < -0.3 is 10.3 Å². The Balaban J connectivity index is 2.08. The number of fused-ring (bicyclic) bond motifs is 1. The molecule has 1 unspecified atom stereocenters. The quantitative estimate of drug-likeness (QED) is 0.715. The molecule has 2 heteroatoms. The van der Waals surface area contributed by atoms with Gasteiger partial charge in [-0.3, -0.25) is 0 Å². The first-order chi connectivity index (χ1) is 11.7. The second-order valence-electron chi connectivity index (χ2n) is 6.74. The van der Waals surface area contributed by atoms with Crippen LogP contribution >= 0.6 is 0 Å². The number of nitrogens with one attached hydrogen (secondary N) is 1. The van der Waals surface area contributed by atoms with E-state index < -0.39 is 0 Å². The molecule has 1 aliphatic heterocycles. The molecule has 0 aromatic heterocycles. The molecule has 1 N–H and O–H groups in total. The number of hydrogen-bond acceptors (Lipinski definition) is 2. The molecular weight excluding hydrogens is 292 g/mol. The Bertz CT molecular complexity index is 733. The second-order valence-corrected chi connectivity index (χ2v) is 6.74. The summed E-state index contributed by atoms with van der Waals surface area (Å²) < 4.78 is 0. The van der Waals surface area contributed by atoms with Crippen LogP contribution in [-0.2, 0) is 11.8 Å². The summed E-state index contributed by atoms with van der Waals surface area (Å²) in [4.78, 5) is 2.42. The van der Waals surface area contributed by atoms with Gasteiger partial charge in [0.2, 0.25) is 0 Å². The smallest absolute Gasteiger partial charge is 0.0450 e. The Morgan fingerprint density at radius 3 is 2.46 bits per heavy atom. The van der Waals surface area contributed by atoms with Gasteiger partial charge in [0.25, 0.3) is 0 Å². The Kier molecular flexibility index (Phi) is 4.84. The van der Waals surface area contributed by atoms with E-state index in [0.717, 1.165) is 19.4 Å². The highest BCUT2D eigenvalue weighted by Gasteiger charge is 2.42. The summed E-state index contributed by atoms with van der Waals surface area (Å²) in [5.41, 5.74) is 5.16. The largest absolute Gasteiger partial charge is 0.344 e. The summed E-state index contributed by atoms with van der Waals surface area (Å²) in [6, 6.07) is 19.4. The van der Waals surface area contributed by atoms with Crippen LogP contribution in [0.3, 0.4) is 0 Å². The van der Waals surface area contributed by atoms with Crippen molar-refractivity contribution in [2.24, 2.45) is 0 Å². The highest BCUT2D eigenvalue weighted by atomic mass is 15.2. The topological polar surface area (TPSA) is 27.1 Å². The molecule has 0 spiro atoms. The standard InChI is InChI=1S/C22H26N2/c1-3-4-16-24-20-13-9-8-12-19(20)22(2,21(24)14-15-23)17-18-10-6-5-7-11-18/h5-15,23H,3-4,16-17H2,1-2H3/b21-14-,23-15?. The minimum absolute atomic E-state index is 0.0940. The molecule has 0 fully saturated rings. The van der Waals surface area contributed by atoms with Gasteiger partial charge in [-0.15, -0.1) is 0 Å². The van der Waals surface area contributed by atoms with Crippen molar-refractivity contribution in [3.8, 4) is 0 Å². The summed E-state index contributed by atoms with van der Waals surface area (Å²) in [6.07, 6.45) is 6.70. The van der Waals surface area contributed by atoms with Crippen LogP contribution in [0.25, 0.3) is 0 Å². The van der Waals surface area contributed by atoms with Crippen molar-refractivity contribution >= 4 is 11.9 Å². The van der Waals surface area contributed by atoms with Gasteiger partial charge in [0.05, 0.1) is 0 Å². The van der Waals surface area contributed by atoms with Crippen LogP contribution in [0.1, 0.15) is 37.8 Å². The Morgan fingerprint density at radius 1 is 1.04 bits per heavy atom. The monoisotopic (exact) mass is 318 g/mol. The Morgan fingerprint density at radius 2 is 1.75 bits per heavy atom. The summed E-state index contributed by atoms with van der Waals surface area (Å²) in [6.45, 7) is 5.56. The predicted molar refractivity (Wildman–Crippen MR) is 103 cm³/mol. The lowest BCUT2D eigenvalue weighted by Gasteiger charge is -2.30. The van der Waals surface area contributed by atoms with Crippen LogP contribution in [0.2, 0.25) is 0 Å². The van der Waals surface area contributed by atoms with E-state index in [2.05, 4.69) is 73.3 Å². The second kappa shape index (κ2) is 7.04. The SMILES string of the molecule is CCCCN1/C(=C\C=N)C(C)(Cc2ccccc2)c2ccccc21. The average Bonchev–Trinajstić information content (AvgIpc) is 2.83. The lowest BCUT2D eigenvalue weighted by atomic mass is 9.76. The maximum atomic E-state index is 7.67. The normalized spacial score (nSPS) is 21.1. The summed E-state index contributed by atoms with van der Waals surface area (Å²) in [5.74, 6) is 0. The van der Waals surface area contributed by atoms with Crippen molar-refractivity contribution in [2.45, 2.75) is 38.5 Å². The van der Waals surface area contributed by atoms with Crippen molar-refractivity contribution in [3.05, 3.63) is 77.5 Å². The molecule has 24 heavy (non-hydrogen) atoms. The first kappa shape index (κ1) is 16.5. The zero-order chi connectivity index (χ0) is 17.0. The van der Waals surface area contributed by atoms with Crippen LogP contribution in [0.15, 0.2) is 66.4 Å². The molecule has 0 amide bonds. The molecule has 1 heterocycles. The average molecular weight is 318 g/mol. The predicted octanol–water partition coefficient (Wildman–Crippen LogP) is 5.34. The number of hydrogen-bond donors (Lipinski definition) is 1. The van der Waals surface area contributed by atoms with Gasteiger partial charge in [-0.05, 0) is 43.0 Å². The van der Waals surface area contributed by atoms with Gasteiger partial charge in [0, 0.05) is 29.6 Å². The molecule has 0 saturated heterocycles. The van der Waals surface area contributed by atoms with E-state index in [1.165, 1.54) is 35.1 Å². The van der Waals surface area contributed by atoms with Crippen LogP contribution in [0.4, 0.5) is 5.69 Å². The zero-order valence-corrected chi connectivity index (χ0v) is 14.6. The minimum atomic E-state index is -0.0940. The van der Waals surface area contributed by atoms with Crippen molar-refractivity contribution < 1.29 is 0 Å². The lowest BCUT2D eigenvalue weighted by Crippen LogP contribution is -2.31. The summed E-state index contributed by atoms with van der Waals surface area (Å²) in [7, 11) is 0. The molecule has 1 aliphatic rings. The highest BCUT2D eigenvalue weighted by molar-refractivity contribution is 5.78. The molecule has 0 radical (unpaired) electrons. The highest BCUT2D eigenvalue weighted by Crippen LogP contribution is 2.49. The molecule has 2 nitrogen and oxygen atoms in total. The van der Waals surface area contributed by atoms with E-state index in [0.29, 0.717) is 0 Å². The van der Waals surface area contributed by atoms with Crippen molar-refractivity contribution in [1.29, 1.82) is 5.41 Å². The van der Waals surface area contributed by atoms with E-state index in [4.69, 9.17) is 5.41 Å². The van der Waals surface area contributed by atoms with E-state index in [1.807, 2.05) is 6.08 Å². The van der Waals surface area contributed by atoms with E-state index in [1.54, 1.807) is 0 Å². The molecule has 1 atom stereocenters. The van der Waals surface area contributed by atoms with E-state index >= 15 is 0 Å². The first-order valence-corrected chi connectivity index (χ1v) is 8.83. The molecule has 3 rings (SSSR count). The summed E-state index contributed by atoms with van der Waals surface area (Å²) in [5, 5.41) is 7.67. The molecular formula is C22H26N2. The fourth-order valence-electron chi connectivity index (χ4n) is 3.84. The number of allylic oxidation sites excluding steroid dienone is 2. The molecule has 0 saturated carbocycles. The first-order valence-electron chi connectivity index (χ1n) is 8.83. The number of rotatable bonds is 6.